The number of amides is 2. The Balaban J connectivity index is 1.56. The summed E-state index contributed by atoms with van der Waals surface area (Å²) in [6.07, 6.45) is 6.33. The van der Waals surface area contributed by atoms with Gasteiger partial charge in [0, 0.05) is 30.0 Å². The van der Waals surface area contributed by atoms with Crippen LogP contribution in [0.25, 0.3) is 11.1 Å². The van der Waals surface area contributed by atoms with Crippen molar-refractivity contribution in [2.24, 2.45) is 5.92 Å². The molecule has 0 radical (unpaired) electrons. The molecule has 2 unspecified atom stereocenters. The van der Waals surface area contributed by atoms with Crippen LogP contribution in [-0.4, -0.2) is 28.5 Å². The van der Waals surface area contributed by atoms with E-state index in [-0.39, 0.29) is 11.8 Å². The maximum absolute atomic E-state index is 13.4. The number of urea groups is 1. The van der Waals surface area contributed by atoms with Crippen LogP contribution in [-0.2, 0) is 0 Å². The summed E-state index contributed by atoms with van der Waals surface area (Å²) in [5, 5.41) is 2.99. The van der Waals surface area contributed by atoms with Crippen molar-refractivity contribution in [2.45, 2.75) is 32.2 Å². The first-order valence-electron chi connectivity index (χ1n) is 8.39. The summed E-state index contributed by atoms with van der Waals surface area (Å²) >= 11 is 0. The van der Waals surface area contributed by atoms with Crippen LogP contribution in [0.5, 0.6) is 0 Å². The predicted molar refractivity (Wildman–Crippen MR) is 91.2 cm³/mol. The molecule has 1 aromatic carbocycles. The number of anilines is 1. The lowest BCUT2D eigenvalue weighted by atomic mass is 10.0. The molecule has 1 saturated carbocycles. The Morgan fingerprint density at radius 2 is 2.17 bits per heavy atom. The number of nitrogens with zero attached hydrogens (tertiary/aromatic N) is 2. The number of hydrogen-bond acceptors (Lipinski definition) is 2. The van der Waals surface area contributed by atoms with Gasteiger partial charge >= 0.3 is 6.03 Å². The summed E-state index contributed by atoms with van der Waals surface area (Å²) < 4.78 is 13.4. The number of likely N-dealkylation sites (tertiary alicyclic amines) is 1. The Labute approximate surface area is 140 Å². The molecule has 1 saturated heterocycles. The molecule has 124 valence electrons. The van der Waals surface area contributed by atoms with E-state index in [0.29, 0.717) is 17.5 Å². The summed E-state index contributed by atoms with van der Waals surface area (Å²) in [4.78, 5) is 18.4. The number of hydrogen-bond donors (Lipinski definition) is 1. The van der Waals surface area contributed by atoms with Crippen molar-refractivity contribution in [1.82, 2.24) is 9.88 Å². The Kier molecular flexibility index (Phi) is 3.71. The molecule has 1 aromatic heterocycles. The monoisotopic (exact) mass is 325 g/mol. The van der Waals surface area contributed by atoms with Gasteiger partial charge in [-0.3, -0.25) is 4.98 Å². The first-order chi connectivity index (χ1) is 11.6. The number of aryl methyl sites for hydroxylation is 1. The number of fused-ring (bicyclic) bond motifs is 2. The lowest BCUT2D eigenvalue weighted by molar-refractivity contribution is 0.194. The number of rotatable bonds is 2. The summed E-state index contributed by atoms with van der Waals surface area (Å²) in [6, 6.07) is 7.53. The van der Waals surface area contributed by atoms with Crippen LogP contribution in [0.2, 0.25) is 0 Å². The van der Waals surface area contributed by atoms with Gasteiger partial charge in [0.15, 0.2) is 0 Å². The van der Waals surface area contributed by atoms with Gasteiger partial charge in [-0.15, -0.1) is 0 Å². The molecule has 4 nitrogen and oxygen atoms in total. The van der Waals surface area contributed by atoms with E-state index in [9.17, 15) is 9.18 Å². The highest BCUT2D eigenvalue weighted by Crippen LogP contribution is 2.37. The summed E-state index contributed by atoms with van der Waals surface area (Å²) in [5.41, 5.74) is 3.33. The normalized spacial score (nSPS) is 22.0. The van der Waals surface area contributed by atoms with Crippen LogP contribution in [0.4, 0.5) is 14.9 Å². The van der Waals surface area contributed by atoms with E-state index in [0.717, 1.165) is 36.2 Å². The third kappa shape index (κ3) is 2.75. The number of pyridine rings is 1. The zero-order valence-corrected chi connectivity index (χ0v) is 13.6. The second-order valence-corrected chi connectivity index (χ2v) is 6.84. The van der Waals surface area contributed by atoms with Gasteiger partial charge in [-0.2, -0.15) is 0 Å². The number of carbonyl (C=O) groups is 1. The minimum atomic E-state index is -0.366. The Hall–Kier alpha value is -2.43. The van der Waals surface area contributed by atoms with E-state index in [1.54, 1.807) is 6.20 Å². The van der Waals surface area contributed by atoms with Gasteiger partial charge in [-0.1, -0.05) is 6.07 Å². The minimum absolute atomic E-state index is 0.0330. The lowest BCUT2D eigenvalue weighted by Crippen LogP contribution is -2.40. The summed E-state index contributed by atoms with van der Waals surface area (Å²) in [5.74, 6) is 0.308. The third-order valence-electron chi connectivity index (χ3n) is 5.17. The molecule has 2 fully saturated rings. The van der Waals surface area contributed by atoms with Gasteiger partial charge in [0.05, 0.1) is 6.20 Å². The van der Waals surface area contributed by atoms with Gasteiger partial charge in [0.2, 0.25) is 0 Å². The fourth-order valence-electron chi connectivity index (χ4n) is 3.94. The maximum Gasteiger partial charge on any atom is 0.322 e. The molecule has 2 atom stereocenters. The molecule has 1 aliphatic carbocycles. The van der Waals surface area contributed by atoms with Crippen molar-refractivity contribution >= 4 is 11.7 Å². The molecule has 2 amide bonds. The van der Waals surface area contributed by atoms with Gasteiger partial charge in [-0.05, 0) is 61.4 Å². The van der Waals surface area contributed by atoms with Crippen molar-refractivity contribution in [3.63, 3.8) is 0 Å². The zero-order chi connectivity index (χ0) is 16.7. The van der Waals surface area contributed by atoms with E-state index in [4.69, 9.17) is 0 Å². The molecular formula is C19H20FN3O. The number of aromatic nitrogens is 1. The van der Waals surface area contributed by atoms with E-state index >= 15 is 0 Å². The average Bonchev–Trinajstić information content (AvgIpc) is 3.20. The largest absolute Gasteiger partial charge is 0.322 e. The maximum atomic E-state index is 13.4. The summed E-state index contributed by atoms with van der Waals surface area (Å²) in [7, 11) is 0. The first-order valence-corrected chi connectivity index (χ1v) is 8.39. The Morgan fingerprint density at radius 1 is 1.29 bits per heavy atom. The second-order valence-electron chi connectivity index (χ2n) is 6.84. The standard InChI is InChI=1S/C19H20FN3O/c1-12-2-4-16(8-18(12)14-7-15(20)10-21-9-14)22-19(24)23-11-13-3-5-17(23)6-13/h2,4,7-10,13,17H,3,5-6,11H2,1H3,(H,22,24). The van der Waals surface area contributed by atoms with E-state index in [2.05, 4.69) is 10.3 Å². The number of benzene rings is 1. The van der Waals surface area contributed by atoms with E-state index in [1.165, 1.54) is 18.7 Å². The molecule has 2 aliphatic rings. The van der Waals surface area contributed by atoms with Gasteiger partial charge < -0.3 is 10.2 Å². The SMILES string of the molecule is Cc1ccc(NC(=O)N2CC3CCC2C3)cc1-c1cncc(F)c1. The van der Waals surface area contributed by atoms with Crippen LogP contribution in [0.1, 0.15) is 24.8 Å². The predicted octanol–water partition coefficient (Wildman–Crippen LogP) is 4.21. The van der Waals surface area contributed by atoms with E-state index in [1.807, 2.05) is 30.0 Å². The highest BCUT2D eigenvalue weighted by atomic mass is 19.1. The fourth-order valence-corrected chi connectivity index (χ4v) is 3.94. The lowest BCUT2D eigenvalue weighted by Gasteiger charge is -2.27. The number of nitrogens with one attached hydrogen (secondary N) is 1. The molecule has 4 rings (SSSR count). The first kappa shape index (κ1) is 15.1. The van der Waals surface area contributed by atoms with Crippen LogP contribution in [0, 0.1) is 18.7 Å². The molecule has 2 bridgehead atoms. The number of halogens is 1. The van der Waals surface area contributed by atoms with Crippen molar-refractivity contribution in [1.29, 1.82) is 0 Å². The Morgan fingerprint density at radius 3 is 2.88 bits per heavy atom. The molecule has 1 aliphatic heterocycles. The molecule has 5 heteroatoms. The summed E-state index contributed by atoms with van der Waals surface area (Å²) in [6.45, 7) is 2.83. The molecule has 1 N–H and O–H groups in total. The van der Waals surface area contributed by atoms with Crippen LogP contribution in [0.15, 0.2) is 36.7 Å². The van der Waals surface area contributed by atoms with Crippen molar-refractivity contribution in [2.75, 3.05) is 11.9 Å². The Bertz CT molecular complexity index is 792. The van der Waals surface area contributed by atoms with Gasteiger partial charge in [-0.25, -0.2) is 9.18 Å². The molecule has 24 heavy (non-hydrogen) atoms. The van der Waals surface area contributed by atoms with Crippen molar-refractivity contribution < 1.29 is 9.18 Å². The fraction of sp³-hybridized carbons (Fsp3) is 0.368. The number of carbonyl (C=O) groups excluding carboxylic acids is 1. The average molecular weight is 325 g/mol. The van der Waals surface area contributed by atoms with Crippen LogP contribution < -0.4 is 5.32 Å². The topological polar surface area (TPSA) is 45.2 Å². The van der Waals surface area contributed by atoms with Crippen molar-refractivity contribution in [3.8, 4) is 11.1 Å². The third-order valence-corrected chi connectivity index (χ3v) is 5.17. The molecule has 0 spiro atoms. The highest BCUT2D eigenvalue weighted by Gasteiger charge is 2.40. The highest BCUT2D eigenvalue weighted by molar-refractivity contribution is 5.91. The molecule has 2 aromatic rings. The van der Waals surface area contributed by atoms with E-state index < -0.39 is 0 Å². The number of piperidine rings is 1. The van der Waals surface area contributed by atoms with Gasteiger partial charge in [0.1, 0.15) is 5.82 Å². The quantitative estimate of drug-likeness (QED) is 0.899. The molecule has 2 heterocycles. The molecular weight excluding hydrogens is 305 g/mol. The van der Waals surface area contributed by atoms with Gasteiger partial charge in [0.25, 0.3) is 0 Å². The van der Waals surface area contributed by atoms with Crippen LogP contribution in [0.3, 0.4) is 0 Å². The van der Waals surface area contributed by atoms with Crippen LogP contribution >= 0.6 is 0 Å². The van der Waals surface area contributed by atoms with Crippen molar-refractivity contribution in [3.05, 3.63) is 48.0 Å². The second kappa shape index (κ2) is 5.89. The smallest absolute Gasteiger partial charge is 0.321 e. The minimum Gasteiger partial charge on any atom is -0.321 e. The zero-order valence-electron chi connectivity index (χ0n) is 13.6.